The molecular formula is C20H20Cl2N2O6S. The van der Waals surface area contributed by atoms with E-state index in [0.717, 1.165) is 0 Å². The third-order valence-electron chi connectivity index (χ3n) is 4.52. The Morgan fingerprint density at radius 2 is 1.84 bits per heavy atom. The maximum absolute atomic E-state index is 12.8. The molecule has 31 heavy (non-hydrogen) atoms. The molecule has 0 unspecified atom stereocenters. The molecule has 0 aromatic heterocycles. The van der Waals surface area contributed by atoms with Gasteiger partial charge in [-0.15, -0.1) is 0 Å². The van der Waals surface area contributed by atoms with Crippen LogP contribution in [-0.2, 0) is 24.3 Å². The Hall–Kier alpha value is -2.17. The molecule has 0 spiro atoms. The van der Waals surface area contributed by atoms with E-state index >= 15 is 0 Å². The van der Waals surface area contributed by atoms with E-state index < -0.39 is 28.0 Å². The summed E-state index contributed by atoms with van der Waals surface area (Å²) in [5.41, 5.74) is 0.287. The summed E-state index contributed by atoms with van der Waals surface area (Å²) < 4.78 is 37.2. The predicted molar refractivity (Wildman–Crippen MR) is 116 cm³/mol. The quantitative estimate of drug-likeness (QED) is 0.628. The molecule has 2 aromatic rings. The van der Waals surface area contributed by atoms with E-state index in [-0.39, 0.29) is 34.3 Å². The van der Waals surface area contributed by atoms with Crippen molar-refractivity contribution < 1.29 is 27.5 Å². The van der Waals surface area contributed by atoms with E-state index in [1.165, 1.54) is 47.6 Å². The van der Waals surface area contributed by atoms with Gasteiger partial charge in [-0.2, -0.15) is 4.31 Å². The summed E-state index contributed by atoms with van der Waals surface area (Å²) in [6.07, 6.45) is -1.16. The van der Waals surface area contributed by atoms with Crippen molar-refractivity contribution in [2.45, 2.75) is 17.9 Å². The summed E-state index contributed by atoms with van der Waals surface area (Å²) in [5, 5.41) is 3.19. The van der Waals surface area contributed by atoms with Crippen LogP contribution in [0.4, 0.5) is 5.69 Å². The lowest BCUT2D eigenvalue weighted by molar-refractivity contribution is -0.123. The Bertz CT molecular complexity index is 1090. The van der Waals surface area contributed by atoms with Crippen LogP contribution < -0.4 is 5.32 Å². The standard InChI is InChI=1S/C20H20Cl2N2O6S/c1-13(19(25)23-18-12-15(21)5-6-17(18)22)30-20(26)14-3-2-4-16(11-14)31(27,28)24-7-9-29-10-8-24/h2-6,11-13H,7-10H2,1H3,(H,23,25)/t13-/m1/s1. The number of nitrogens with zero attached hydrogens (tertiary/aromatic N) is 1. The molecule has 8 nitrogen and oxygen atoms in total. The molecule has 1 amide bonds. The number of nitrogens with one attached hydrogen (secondary N) is 1. The number of carbonyl (C=O) groups is 2. The van der Waals surface area contributed by atoms with Crippen LogP contribution in [-0.4, -0.2) is 57.0 Å². The highest BCUT2D eigenvalue weighted by Crippen LogP contribution is 2.26. The second-order valence-electron chi connectivity index (χ2n) is 6.71. The fourth-order valence-electron chi connectivity index (χ4n) is 2.83. The Kier molecular flexibility index (Phi) is 7.55. The van der Waals surface area contributed by atoms with Gasteiger partial charge in [0.2, 0.25) is 10.0 Å². The van der Waals surface area contributed by atoms with E-state index in [1.807, 2.05) is 0 Å². The summed E-state index contributed by atoms with van der Waals surface area (Å²) in [6, 6.07) is 10.1. The van der Waals surface area contributed by atoms with Gasteiger partial charge in [0.25, 0.3) is 5.91 Å². The minimum atomic E-state index is -3.77. The molecule has 2 aromatic carbocycles. The minimum absolute atomic E-state index is 0.00905. The number of rotatable bonds is 6. The first-order valence-corrected chi connectivity index (χ1v) is 11.5. The number of amides is 1. The zero-order valence-electron chi connectivity index (χ0n) is 16.5. The molecule has 0 saturated carbocycles. The van der Waals surface area contributed by atoms with E-state index in [1.54, 1.807) is 6.07 Å². The van der Waals surface area contributed by atoms with Gasteiger partial charge in [0.1, 0.15) is 0 Å². The van der Waals surface area contributed by atoms with Crippen molar-refractivity contribution >= 4 is 50.8 Å². The third-order valence-corrected chi connectivity index (χ3v) is 6.98. The molecular weight excluding hydrogens is 467 g/mol. The second-order valence-corrected chi connectivity index (χ2v) is 9.49. The summed E-state index contributed by atoms with van der Waals surface area (Å²) in [7, 11) is -3.77. The van der Waals surface area contributed by atoms with Crippen molar-refractivity contribution in [3.63, 3.8) is 0 Å². The predicted octanol–water partition coefficient (Wildman–Crippen LogP) is 3.20. The fourth-order valence-corrected chi connectivity index (χ4v) is 4.62. The average molecular weight is 487 g/mol. The van der Waals surface area contributed by atoms with E-state index in [9.17, 15) is 18.0 Å². The van der Waals surface area contributed by atoms with E-state index in [2.05, 4.69) is 5.32 Å². The lowest BCUT2D eigenvalue weighted by atomic mass is 10.2. The first-order valence-electron chi connectivity index (χ1n) is 9.33. The van der Waals surface area contributed by atoms with Gasteiger partial charge in [0.15, 0.2) is 6.10 Å². The Balaban J connectivity index is 1.69. The average Bonchev–Trinajstić information content (AvgIpc) is 2.76. The molecule has 0 radical (unpaired) electrons. The van der Waals surface area contributed by atoms with Crippen LogP contribution in [0.25, 0.3) is 0 Å². The smallest absolute Gasteiger partial charge is 0.338 e. The van der Waals surface area contributed by atoms with Crippen LogP contribution in [0.5, 0.6) is 0 Å². The number of esters is 1. The molecule has 11 heteroatoms. The molecule has 1 fully saturated rings. The number of benzene rings is 2. The molecule has 1 aliphatic heterocycles. The molecule has 1 saturated heterocycles. The largest absolute Gasteiger partial charge is 0.449 e. The van der Waals surface area contributed by atoms with Crippen molar-refractivity contribution in [3.8, 4) is 0 Å². The number of hydrogen-bond acceptors (Lipinski definition) is 6. The number of anilines is 1. The van der Waals surface area contributed by atoms with Crippen molar-refractivity contribution in [1.29, 1.82) is 0 Å². The normalized spacial score (nSPS) is 15.8. The second kappa shape index (κ2) is 9.97. The number of hydrogen-bond donors (Lipinski definition) is 1. The number of carbonyl (C=O) groups excluding carboxylic acids is 2. The van der Waals surface area contributed by atoms with E-state index in [4.69, 9.17) is 32.7 Å². The first-order chi connectivity index (χ1) is 14.7. The van der Waals surface area contributed by atoms with Gasteiger partial charge in [-0.05, 0) is 43.3 Å². The zero-order valence-corrected chi connectivity index (χ0v) is 18.8. The van der Waals surface area contributed by atoms with Gasteiger partial charge in [-0.3, -0.25) is 4.79 Å². The lowest BCUT2D eigenvalue weighted by Gasteiger charge is -2.26. The van der Waals surface area contributed by atoms with E-state index in [0.29, 0.717) is 18.2 Å². The lowest BCUT2D eigenvalue weighted by Crippen LogP contribution is -2.40. The van der Waals surface area contributed by atoms with Crippen molar-refractivity contribution in [2.24, 2.45) is 0 Å². The van der Waals surface area contributed by atoms with Gasteiger partial charge in [-0.25, -0.2) is 13.2 Å². The van der Waals surface area contributed by atoms with Crippen molar-refractivity contribution in [2.75, 3.05) is 31.6 Å². The third kappa shape index (κ3) is 5.75. The monoisotopic (exact) mass is 486 g/mol. The fraction of sp³-hybridized carbons (Fsp3) is 0.300. The van der Waals surface area contributed by atoms with Gasteiger partial charge < -0.3 is 14.8 Å². The van der Waals surface area contributed by atoms with Gasteiger partial charge >= 0.3 is 5.97 Å². The Labute approximate surface area is 190 Å². The van der Waals surface area contributed by atoms with Gasteiger partial charge in [0.05, 0.1) is 34.4 Å². The maximum atomic E-state index is 12.8. The highest BCUT2D eigenvalue weighted by molar-refractivity contribution is 7.89. The molecule has 3 rings (SSSR count). The van der Waals surface area contributed by atoms with Crippen molar-refractivity contribution in [1.82, 2.24) is 4.31 Å². The number of sulfonamides is 1. The molecule has 1 N–H and O–H groups in total. The molecule has 1 aliphatic rings. The van der Waals surface area contributed by atoms with Gasteiger partial charge in [-0.1, -0.05) is 29.3 Å². The highest BCUT2D eigenvalue weighted by Gasteiger charge is 2.27. The Morgan fingerprint density at radius 1 is 1.13 bits per heavy atom. The SMILES string of the molecule is C[C@@H](OC(=O)c1cccc(S(=O)(=O)N2CCOCC2)c1)C(=O)Nc1cc(Cl)ccc1Cl. The van der Waals surface area contributed by atoms with Crippen molar-refractivity contribution in [3.05, 3.63) is 58.1 Å². The summed E-state index contributed by atoms with van der Waals surface area (Å²) in [6.45, 7) is 2.48. The van der Waals surface area contributed by atoms with Crippen LogP contribution in [0, 0.1) is 0 Å². The topological polar surface area (TPSA) is 102 Å². The number of ether oxygens (including phenoxy) is 2. The zero-order chi connectivity index (χ0) is 22.6. The summed E-state index contributed by atoms with van der Waals surface area (Å²) >= 11 is 11.9. The maximum Gasteiger partial charge on any atom is 0.338 e. The van der Waals surface area contributed by atoms with Crippen LogP contribution in [0.15, 0.2) is 47.4 Å². The summed E-state index contributed by atoms with van der Waals surface area (Å²) in [4.78, 5) is 24.8. The molecule has 1 heterocycles. The van der Waals surface area contributed by atoms with Crippen LogP contribution in [0.2, 0.25) is 10.0 Å². The molecule has 1 atom stereocenters. The highest BCUT2D eigenvalue weighted by atomic mass is 35.5. The number of morpholine rings is 1. The number of halogens is 2. The van der Waals surface area contributed by atoms with Crippen LogP contribution >= 0.6 is 23.2 Å². The van der Waals surface area contributed by atoms with Crippen LogP contribution in [0.1, 0.15) is 17.3 Å². The summed E-state index contributed by atoms with van der Waals surface area (Å²) in [5.74, 6) is -1.45. The molecule has 0 aliphatic carbocycles. The molecule has 0 bridgehead atoms. The Morgan fingerprint density at radius 3 is 2.55 bits per heavy atom. The molecule has 166 valence electrons. The van der Waals surface area contributed by atoms with Gasteiger partial charge in [0, 0.05) is 18.1 Å². The first kappa shape index (κ1) is 23.5. The minimum Gasteiger partial charge on any atom is -0.449 e. The van der Waals surface area contributed by atoms with Crippen LogP contribution in [0.3, 0.4) is 0 Å².